The molecule has 35 heavy (non-hydrogen) atoms. The van der Waals surface area contributed by atoms with Crippen LogP contribution in [-0.4, -0.2) is 34.6 Å². The van der Waals surface area contributed by atoms with Crippen LogP contribution in [-0.2, 0) is 14.8 Å². The Labute approximate surface area is 206 Å². The van der Waals surface area contributed by atoms with Gasteiger partial charge in [-0.15, -0.1) is 0 Å². The van der Waals surface area contributed by atoms with E-state index in [-0.39, 0.29) is 22.4 Å². The maximum Gasteiger partial charge on any atom is 0.265 e. The van der Waals surface area contributed by atoms with Gasteiger partial charge in [-0.05, 0) is 60.9 Å². The number of rotatable bonds is 10. The average Bonchev–Trinajstić information content (AvgIpc) is 2.84. The van der Waals surface area contributed by atoms with Crippen LogP contribution in [0.4, 0.5) is 11.4 Å². The molecule has 0 fully saturated rings. The predicted molar refractivity (Wildman–Crippen MR) is 136 cm³/mol. The summed E-state index contributed by atoms with van der Waals surface area (Å²) in [6.07, 6.45) is -0.750. The Hall–Kier alpha value is -3.72. The molecule has 0 bridgehead atoms. The largest absolute Gasteiger partial charge is 0.497 e. The Kier molecular flexibility index (Phi) is 8.24. The van der Waals surface area contributed by atoms with E-state index >= 15 is 0 Å². The van der Waals surface area contributed by atoms with Gasteiger partial charge in [-0.1, -0.05) is 32.0 Å². The van der Waals surface area contributed by atoms with Crippen molar-refractivity contribution in [2.24, 2.45) is 0 Å². The molecular formula is C26H30N2O6S. The Bertz CT molecular complexity index is 1270. The van der Waals surface area contributed by atoms with Gasteiger partial charge in [0.05, 0.1) is 24.8 Å². The van der Waals surface area contributed by atoms with Gasteiger partial charge >= 0.3 is 0 Å². The van der Waals surface area contributed by atoms with Gasteiger partial charge < -0.3 is 19.5 Å². The van der Waals surface area contributed by atoms with Crippen LogP contribution in [0.2, 0.25) is 0 Å². The molecule has 3 rings (SSSR count). The summed E-state index contributed by atoms with van der Waals surface area (Å²) in [4.78, 5) is 12.7. The molecule has 1 atom stereocenters. The van der Waals surface area contributed by atoms with E-state index in [1.54, 1.807) is 19.1 Å². The molecule has 0 aliphatic rings. The number of carbonyl (C=O) groups excluding carboxylic acids is 1. The van der Waals surface area contributed by atoms with Crippen molar-refractivity contribution in [1.82, 2.24) is 0 Å². The Balaban J connectivity index is 1.69. The number of methoxy groups -OCH3 is 2. The molecule has 2 N–H and O–H groups in total. The van der Waals surface area contributed by atoms with Gasteiger partial charge in [-0.2, -0.15) is 0 Å². The normalized spacial score (nSPS) is 12.1. The molecule has 0 radical (unpaired) electrons. The van der Waals surface area contributed by atoms with E-state index in [0.29, 0.717) is 22.9 Å². The fourth-order valence-corrected chi connectivity index (χ4v) is 4.43. The lowest BCUT2D eigenvalue weighted by molar-refractivity contribution is -0.122. The fourth-order valence-electron chi connectivity index (χ4n) is 3.37. The van der Waals surface area contributed by atoms with E-state index in [4.69, 9.17) is 14.2 Å². The summed E-state index contributed by atoms with van der Waals surface area (Å²) in [5.74, 6) is 1.39. The van der Waals surface area contributed by atoms with E-state index in [0.717, 1.165) is 5.56 Å². The minimum Gasteiger partial charge on any atom is -0.497 e. The quantitative estimate of drug-likeness (QED) is 0.406. The molecule has 0 saturated heterocycles. The van der Waals surface area contributed by atoms with Crippen LogP contribution in [0.1, 0.15) is 32.3 Å². The fraction of sp³-hybridized carbons (Fsp3) is 0.269. The van der Waals surface area contributed by atoms with Crippen LogP contribution in [0.15, 0.2) is 71.6 Å². The Morgan fingerprint density at radius 2 is 1.54 bits per heavy atom. The highest BCUT2D eigenvalue weighted by molar-refractivity contribution is 7.92. The van der Waals surface area contributed by atoms with E-state index in [1.165, 1.54) is 44.6 Å². The molecule has 0 spiro atoms. The topological polar surface area (TPSA) is 103 Å². The molecule has 186 valence electrons. The van der Waals surface area contributed by atoms with E-state index < -0.39 is 16.1 Å². The highest BCUT2D eigenvalue weighted by atomic mass is 32.2. The van der Waals surface area contributed by atoms with Crippen molar-refractivity contribution < 1.29 is 27.4 Å². The summed E-state index contributed by atoms with van der Waals surface area (Å²) >= 11 is 0. The van der Waals surface area contributed by atoms with Gasteiger partial charge in [0.15, 0.2) is 6.10 Å². The number of para-hydroxylation sites is 1. The number of ether oxygens (including phenoxy) is 3. The summed E-state index contributed by atoms with van der Waals surface area (Å²) in [5.41, 5.74) is 1.71. The Morgan fingerprint density at radius 3 is 2.17 bits per heavy atom. The molecule has 0 aliphatic heterocycles. The zero-order valence-electron chi connectivity index (χ0n) is 20.4. The van der Waals surface area contributed by atoms with Crippen LogP contribution < -0.4 is 24.2 Å². The van der Waals surface area contributed by atoms with Crippen LogP contribution in [0.5, 0.6) is 17.2 Å². The number of hydrogen-bond donors (Lipinski definition) is 2. The standard InChI is InChI=1S/C26H30N2O6S/c1-17(2)22-8-6-7-9-24(22)34-18(3)26(29)27-19-10-13-21(14-11-19)35(30,31)28-23-16-20(32-4)12-15-25(23)33-5/h6-18,28H,1-5H3,(H,27,29)/t18-/m0/s1. The minimum absolute atomic E-state index is 0.0236. The van der Waals surface area contributed by atoms with Gasteiger partial charge in [-0.25, -0.2) is 8.42 Å². The van der Waals surface area contributed by atoms with Crippen LogP contribution >= 0.6 is 0 Å². The number of amides is 1. The zero-order valence-corrected chi connectivity index (χ0v) is 21.2. The van der Waals surface area contributed by atoms with Crippen LogP contribution in [0.3, 0.4) is 0 Å². The second kappa shape index (κ2) is 11.1. The minimum atomic E-state index is -3.91. The lowest BCUT2D eigenvalue weighted by Crippen LogP contribution is -2.30. The molecule has 0 saturated carbocycles. The highest BCUT2D eigenvalue weighted by Gasteiger charge is 2.20. The van der Waals surface area contributed by atoms with Gasteiger partial charge in [0, 0.05) is 11.8 Å². The van der Waals surface area contributed by atoms with Crippen molar-refractivity contribution >= 4 is 27.3 Å². The number of benzene rings is 3. The van der Waals surface area contributed by atoms with E-state index in [9.17, 15) is 13.2 Å². The third-order valence-electron chi connectivity index (χ3n) is 5.30. The molecule has 0 aliphatic carbocycles. The van der Waals surface area contributed by atoms with Gasteiger partial charge in [0.1, 0.15) is 17.2 Å². The van der Waals surface area contributed by atoms with Gasteiger partial charge in [0.25, 0.3) is 15.9 Å². The SMILES string of the molecule is COc1ccc(OC)c(NS(=O)(=O)c2ccc(NC(=O)[C@H](C)Oc3ccccc3C(C)C)cc2)c1. The van der Waals surface area contributed by atoms with Crippen molar-refractivity contribution in [3.8, 4) is 17.2 Å². The summed E-state index contributed by atoms with van der Waals surface area (Å²) in [6, 6.07) is 18.3. The first-order valence-corrected chi connectivity index (χ1v) is 12.5. The van der Waals surface area contributed by atoms with Gasteiger partial charge in [0.2, 0.25) is 0 Å². The monoisotopic (exact) mass is 498 g/mol. The molecule has 0 heterocycles. The smallest absolute Gasteiger partial charge is 0.265 e. The first-order chi connectivity index (χ1) is 16.6. The molecular weight excluding hydrogens is 468 g/mol. The van der Waals surface area contributed by atoms with Crippen LogP contribution in [0.25, 0.3) is 0 Å². The van der Waals surface area contributed by atoms with Crippen LogP contribution in [0, 0.1) is 0 Å². The molecule has 8 nitrogen and oxygen atoms in total. The maximum absolute atomic E-state index is 12.9. The second-order valence-corrected chi connectivity index (χ2v) is 9.82. The van der Waals surface area contributed by atoms with Crippen molar-refractivity contribution in [3.05, 3.63) is 72.3 Å². The molecule has 0 aromatic heterocycles. The molecule has 0 unspecified atom stereocenters. The number of sulfonamides is 1. The number of anilines is 2. The van der Waals surface area contributed by atoms with Gasteiger partial charge in [-0.3, -0.25) is 9.52 Å². The third-order valence-corrected chi connectivity index (χ3v) is 6.68. The van der Waals surface area contributed by atoms with Crippen molar-refractivity contribution in [2.75, 3.05) is 24.3 Å². The maximum atomic E-state index is 12.9. The summed E-state index contributed by atoms with van der Waals surface area (Å²) in [5, 5.41) is 2.76. The Morgan fingerprint density at radius 1 is 0.857 bits per heavy atom. The molecule has 3 aromatic rings. The predicted octanol–water partition coefficient (Wildman–Crippen LogP) is 5.03. The molecule has 9 heteroatoms. The lowest BCUT2D eigenvalue weighted by atomic mass is 10.0. The molecule has 1 amide bonds. The van der Waals surface area contributed by atoms with Crippen molar-refractivity contribution in [1.29, 1.82) is 0 Å². The first-order valence-electron chi connectivity index (χ1n) is 11.1. The molecule has 3 aromatic carbocycles. The number of carbonyl (C=O) groups is 1. The number of hydrogen-bond acceptors (Lipinski definition) is 6. The third kappa shape index (κ3) is 6.45. The number of nitrogens with one attached hydrogen (secondary N) is 2. The van der Waals surface area contributed by atoms with Crippen molar-refractivity contribution in [3.63, 3.8) is 0 Å². The van der Waals surface area contributed by atoms with Crippen molar-refractivity contribution in [2.45, 2.75) is 37.7 Å². The summed E-state index contributed by atoms with van der Waals surface area (Å²) in [7, 11) is -0.973. The lowest BCUT2D eigenvalue weighted by Gasteiger charge is -2.19. The van der Waals surface area contributed by atoms with E-state index in [2.05, 4.69) is 23.9 Å². The highest BCUT2D eigenvalue weighted by Crippen LogP contribution is 2.31. The zero-order chi connectivity index (χ0) is 25.6. The summed E-state index contributed by atoms with van der Waals surface area (Å²) in [6.45, 7) is 5.78. The second-order valence-electron chi connectivity index (χ2n) is 8.14. The average molecular weight is 499 g/mol. The summed E-state index contributed by atoms with van der Waals surface area (Å²) < 4.78 is 44.6. The van der Waals surface area contributed by atoms with E-state index in [1.807, 2.05) is 24.3 Å². The first kappa shape index (κ1) is 25.9.